The van der Waals surface area contributed by atoms with Gasteiger partial charge in [-0.3, -0.25) is 4.98 Å². The molecule has 136 valence electrons. The molecule has 3 aromatic rings. The quantitative estimate of drug-likeness (QED) is 0.727. The molecule has 4 heteroatoms. The first kappa shape index (κ1) is 19.4. The summed E-state index contributed by atoms with van der Waals surface area (Å²) >= 11 is 0. The van der Waals surface area contributed by atoms with Crippen LogP contribution in [-0.2, 0) is 0 Å². The van der Waals surface area contributed by atoms with Crippen LogP contribution in [0.5, 0.6) is 0 Å². The van der Waals surface area contributed by atoms with E-state index in [1.54, 1.807) is 24.5 Å². The third-order valence-electron chi connectivity index (χ3n) is 4.02. The first-order valence-electron chi connectivity index (χ1n) is 8.79. The third-order valence-corrected chi connectivity index (χ3v) is 4.02. The lowest BCUT2D eigenvalue weighted by molar-refractivity contribution is 0.511. The Morgan fingerprint density at radius 3 is 2.46 bits per heavy atom. The Kier molecular flexibility index (Phi) is 6.34. The molecule has 0 aliphatic rings. The second kappa shape index (κ2) is 8.48. The lowest BCUT2D eigenvalue weighted by atomic mass is 9.95. The number of H-pyrrole nitrogens is 1. The van der Waals surface area contributed by atoms with Crippen molar-refractivity contribution in [2.24, 2.45) is 5.92 Å². The topological polar surface area (TPSA) is 48.9 Å². The summed E-state index contributed by atoms with van der Waals surface area (Å²) in [5.41, 5.74) is 2.61. The van der Waals surface area contributed by atoms with Gasteiger partial charge < -0.3 is 10.1 Å². The van der Waals surface area contributed by atoms with Crippen LogP contribution in [0.4, 0.5) is 4.39 Å². The molecule has 2 heterocycles. The van der Waals surface area contributed by atoms with Crippen LogP contribution in [0.3, 0.4) is 0 Å². The van der Waals surface area contributed by atoms with Crippen molar-refractivity contribution in [1.29, 1.82) is 0 Å². The molecular weight excluding hydrogens is 327 g/mol. The number of aliphatic hydroxyl groups is 1. The number of aromatic amines is 1. The number of nitrogens with zero attached hydrogens (tertiary/aromatic N) is 1. The van der Waals surface area contributed by atoms with Crippen LogP contribution in [0, 0.1) is 11.7 Å². The van der Waals surface area contributed by atoms with Gasteiger partial charge in [-0.05, 0) is 53.5 Å². The zero-order valence-corrected chi connectivity index (χ0v) is 15.7. The van der Waals surface area contributed by atoms with Crippen molar-refractivity contribution in [3.8, 4) is 0 Å². The zero-order valence-electron chi connectivity index (χ0n) is 15.7. The zero-order chi connectivity index (χ0) is 19.3. The van der Waals surface area contributed by atoms with Crippen molar-refractivity contribution in [3.05, 3.63) is 70.7 Å². The molecule has 0 aliphatic heterocycles. The summed E-state index contributed by atoms with van der Waals surface area (Å²) in [6.45, 7) is 12.1. The molecule has 0 atom stereocenters. The molecule has 0 unspecified atom stereocenters. The summed E-state index contributed by atoms with van der Waals surface area (Å²) in [5, 5.41) is 12.6. The second-order valence-corrected chi connectivity index (χ2v) is 6.04. The predicted octanol–water partition coefficient (Wildman–Crippen LogP) is 4.54. The number of allylic oxidation sites excluding steroid dienone is 1. The average Bonchev–Trinajstić information content (AvgIpc) is 2.96. The van der Waals surface area contributed by atoms with Gasteiger partial charge in [0.05, 0.1) is 0 Å². The monoisotopic (exact) mass is 352 g/mol. The number of benzene rings is 1. The summed E-state index contributed by atoms with van der Waals surface area (Å²) in [7, 11) is 0. The highest BCUT2D eigenvalue weighted by Crippen LogP contribution is 2.23. The van der Waals surface area contributed by atoms with Crippen LogP contribution in [-0.4, -0.2) is 15.1 Å². The molecule has 3 nitrogen and oxygen atoms in total. The van der Waals surface area contributed by atoms with Crippen molar-refractivity contribution in [1.82, 2.24) is 9.97 Å². The Morgan fingerprint density at radius 2 is 1.85 bits per heavy atom. The number of aliphatic hydroxyl groups excluding tert-OH is 1. The minimum absolute atomic E-state index is 0.110. The van der Waals surface area contributed by atoms with Gasteiger partial charge in [-0.25, -0.2) is 4.39 Å². The number of nitrogens with one attached hydrogen (secondary N) is 1. The molecule has 26 heavy (non-hydrogen) atoms. The van der Waals surface area contributed by atoms with Gasteiger partial charge in [0.15, 0.2) is 0 Å². The number of hydrogen-bond donors (Lipinski definition) is 2. The fourth-order valence-electron chi connectivity index (χ4n) is 2.87. The molecule has 0 amide bonds. The van der Waals surface area contributed by atoms with E-state index in [0.29, 0.717) is 16.1 Å². The number of fused-ring (bicyclic) bond motifs is 1. The van der Waals surface area contributed by atoms with Gasteiger partial charge in [0.2, 0.25) is 0 Å². The highest BCUT2D eigenvalue weighted by Gasteiger charge is 2.09. The Bertz CT molecular complexity index is 1020. The molecule has 1 aromatic carbocycles. The van der Waals surface area contributed by atoms with E-state index in [2.05, 4.69) is 30.4 Å². The average molecular weight is 352 g/mol. The summed E-state index contributed by atoms with van der Waals surface area (Å²) in [6.07, 6.45) is 5.20. The van der Waals surface area contributed by atoms with Crippen LogP contribution in [0.15, 0.2) is 48.8 Å². The molecule has 0 saturated carbocycles. The molecule has 0 bridgehead atoms. The van der Waals surface area contributed by atoms with Crippen molar-refractivity contribution >= 4 is 28.8 Å². The Morgan fingerprint density at radius 1 is 1.19 bits per heavy atom. The lowest BCUT2D eigenvalue weighted by Gasteiger charge is -2.11. The van der Waals surface area contributed by atoms with Crippen molar-refractivity contribution < 1.29 is 9.50 Å². The van der Waals surface area contributed by atoms with Crippen LogP contribution in [0.1, 0.15) is 33.3 Å². The molecule has 0 fully saturated rings. The van der Waals surface area contributed by atoms with Gasteiger partial charge in [0, 0.05) is 33.9 Å². The van der Waals surface area contributed by atoms with Gasteiger partial charge in [0.25, 0.3) is 0 Å². The number of hydrogen-bond acceptors (Lipinski definition) is 2. The fourth-order valence-corrected chi connectivity index (χ4v) is 2.87. The van der Waals surface area contributed by atoms with Crippen LogP contribution >= 0.6 is 0 Å². The summed E-state index contributed by atoms with van der Waals surface area (Å²) in [5.74, 6) is -0.00572. The lowest BCUT2D eigenvalue weighted by Crippen LogP contribution is -2.23. The van der Waals surface area contributed by atoms with Gasteiger partial charge in [0.1, 0.15) is 11.6 Å². The number of rotatable bonds is 3. The Balaban J connectivity index is 0.00000117. The van der Waals surface area contributed by atoms with Crippen molar-refractivity contribution in [3.63, 3.8) is 0 Å². The number of halogens is 1. The largest absolute Gasteiger partial charge is 0.507 e. The van der Waals surface area contributed by atoms with Gasteiger partial charge in [-0.1, -0.05) is 34.3 Å². The maximum absolute atomic E-state index is 13.4. The van der Waals surface area contributed by atoms with E-state index in [4.69, 9.17) is 0 Å². The van der Waals surface area contributed by atoms with Crippen LogP contribution in [0.25, 0.3) is 28.8 Å². The van der Waals surface area contributed by atoms with Gasteiger partial charge in [-0.15, -0.1) is 0 Å². The third kappa shape index (κ3) is 4.02. The maximum atomic E-state index is 13.4. The van der Waals surface area contributed by atoms with E-state index >= 15 is 0 Å². The molecule has 0 saturated heterocycles. The summed E-state index contributed by atoms with van der Waals surface area (Å²) in [6, 6.07) is 8.25. The predicted molar refractivity (Wildman–Crippen MR) is 107 cm³/mol. The fraction of sp³-hybridized carbons (Fsp3) is 0.227. The van der Waals surface area contributed by atoms with E-state index in [1.807, 2.05) is 26.0 Å². The smallest absolute Gasteiger partial charge is 0.125 e. The molecule has 3 rings (SSSR count). The second-order valence-electron chi connectivity index (χ2n) is 6.04. The molecule has 0 radical (unpaired) electrons. The van der Waals surface area contributed by atoms with Gasteiger partial charge in [-0.2, -0.15) is 0 Å². The molecular formula is C22H25FN2O. The first-order chi connectivity index (χ1) is 12.5. The van der Waals surface area contributed by atoms with E-state index in [9.17, 15) is 9.50 Å². The van der Waals surface area contributed by atoms with E-state index in [1.165, 1.54) is 12.1 Å². The summed E-state index contributed by atoms with van der Waals surface area (Å²) < 4.78 is 13.4. The minimum atomic E-state index is -0.329. The molecule has 2 N–H and O–H groups in total. The van der Waals surface area contributed by atoms with Gasteiger partial charge >= 0.3 is 0 Å². The Labute approximate surface area is 153 Å². The minimum Gasteiger partial charge on any atom is -0.507 e. The standard InChI is InChI=1S/C20H19FN2O.C2H6/c1-12(2)17(14-6-8-22-9-7-14)11-19(24)20-13(3)23-18-10-15(21)4-5-16(18)20;1-2/h4-12,23-24H,3H2,1-2H3;1-2H3/b17-11+,20-19-;. The van der Waals surface area contributed by atoms with Crippen molar-refractivity contribution in [2.45, 2.75) is 27.7 Å². The summed E-state index contributed by atoms with van der Waals surface area (Å²) in [4.78, 5) is 7.05. The molecule has 0 aliphatic carbocycles. The van der Waals surface area contributed by atoms with Crippen LogP contribution in [0.2, 0.25) is 0 Å². The highest BCUT2D eigenvalue weighted by atomic mass is 19.1. The van der Waals surface area contributed by atoms with Crippen LogP contribution < -0.4 is 10.6 Å². The maximum Gasteiger partial charge on any atom is 0.125 e. The SMILES string of the molecule is C=c1[nH]c2cc(F)ccc2/c1=C(O)/C=C(/c1ccncc1)C(C)C.CC. The van der Waals surface area contributed by atoms with E-state index in [0.717, 1.165) is 16.5 Å². The normalized spacial score (nSPS) is 12.8. The van der Waals surface area contributed by atoms with E-state index in [-0.39, 0.29) is 17.5 Å². The van der Waals surface area contributed by atoms with Crippen molar-refractivity contribution in [2.75, 3.05) is 0 Å². The van der Waals surface area contributed by atoms with E-state index < -0.39 is 0 Å². The Hall–Kier alpha value is -2.88. The molecule has 0 spiro atoms. The highest BCUT2D eigenvalue weighted by molar-refractivity contribution is 5.84. The number of aromatic nitrogens is 2. The number of pyridine rings is 1. The first-order valence-corrected chi connectivity index (χ1v) is 8.79. The molecule has 2 aromatic heterocycles.